The molecule has 3 aliphatic rings. The average Bonchev–Trinajstić information content (AvgIpc) is 3.03. The minimum absolute atomic E-state index is 0.211. The highest BCUT2D eigenvalue weighted by Crippen LogP contribution is 2.54. The van der Waals surface area contributed by atoms with Crippen LogP contribution < -0.4 is 10.6 Å². The predicted octanol–water partition coefficient (Wildman–Crippen LogP) is 1.59. The summed E-state index contributed by atoms with van der Waals surface area (Å²) >= 11 is 0. The van der Waals surface area contributed by atoms with Gasteiger partial charge in [-0.05, 0) is 32.6 Å². The topological polar surface area (TPSA) is 50.4 Å². The zero-order valence-corrected chi connectivity index (χ0v) is 11.9. The van der Waals surface area contributed by atoms with Crippen LogP contribution in [0.4, 0.5) is 0 Å². The van der Waals surface area contributed by atoms with Gasteiger partial charge in [-0.1, -0.05) is 12.8 Å². The highest BCUT2D eigenvalue weighted by Gasteiger charge is 2.56. The van der Waals surface area contributed by atoms with Crippen LogP contribution in [-0.2, 0) is 9.53 Å². The number of hydrogen-bond acceptors (Lipinski definition) is 3. The van der Waals surface area contributed by atoms with Gasteiger partial charge < -0.3 is 15.4 Å². The van der Waals surface area contributed by atoms with E-state index in [4.69, 9.17) is 4.74 Å². The fraction of sp³-hybridized carbons (Fsp3) is 0.933. The second kappa shape index (κ2) is 5.41. The molecule has 4 nitrogen and oxygen atoms in total. The zero-order valence-electron chi connectivity index (χ0n) is 11.9. The molecule has 0 radical (unpaired) electrons. The van der Waals surface area contributed by atoms with Crippen LogP contribution in [0.25, 0.3) is 0 Å². The molecule has 0 bridgehead atoms. The Hall–Kier alpha value is -0.610. The highest BCUT2D eigenvalue weighted by molar-refractivity contribution is 5.78. The maximum absolute atomic E-state index is 11.2. The Kier molecular flexibility index (Phi) is 3.81. The molecule has 1 amide bonds. The Labute approximate surface area is 115 Å². The minimum Gasteiger partial charge on any atom is -0.378 e. The van der Waals surface area contributed by atoms with Crippen molar-refractivity contribution < 1.29 is 9.53 Å². The third kappa shape index (κ3) is 2.40. The van der Waals surface area contributed by atoms with Gasteiger partial charge in [0.1, 0.15) is 0 Å². The standard InChI is InChI=1S/C15H26N2O2/c1-2-19-13-9-12(15(13)7-3-4-8-15)16-10-11-5-6-14(18)17-11/h11-13,16H,2-10H2,1H3,(H,17,18). The third-order valence-electron chi connectivity index (χ3n) is 5.38. The van der Waals surface area contributed by atoms with E-state index >= 15 is 0 Å². The fourth-order valence-electron chi connectivity index (χ4n) is 4.29. The fourth-order valence-corrected chi connectivity index (χ4v) is 4.29. The van der Waals surface area contributed by atoms with E-state index in [0.29, 0.717) is 30.0 Å². The van der Waals surface area contributed by atoms with Crippen LogP contribution in [-0.4, -0.2) is 37.2 Å². The Morgan fingerprint density at radius 1 is 1.42 bits per heavy atom. The smallest absolute Gasteiger partial charge is 0.220 e. The number of hydrogen-bond donors (Lipinski definition) is 2. The molecule has 2 N–H and O–H groups in total. The molecule has 3 fully saturated rings. The summed E-state index contributed by atoms with van der Waals surface area (Å²) in [5.41, 5.74) is 0.401. The molecular weight excluding hydrogens is 240 g/mol. The molecule has 1 heterocycles. The summed E-state index contributed by atoms with van der Waals surface area (Å²) in [5.74, 6) is 0.211. The van der Waals surface area contributed by atoms with E-state index in [0.717, 1.165) is 26.0 Å². The van der Waals surface area contributed by atoms with E-state index in [1.165, 1.54) is 25.7 Å². The van der Waals surface area contributed by atoms with E-state index in [2.05, 4.69) is 17.6 Å². The lowest BCUT2D eigenvalue weighted by molar-refractivity contribution is -0.130. The van der Waals surface area contributed by atoms with E-state index in [-0.39, 0.29) is 5.91 Å². The van der Waals surface area contributed by atoms with Crippen molar-refractivity contribution in [1.82, 2.24) is 10.6 Å². The van der Waals surface area contributed by atoms with Gasteiger partial charge in [-0.25, -0.2) is 0 Å². The van der Waals surface area contributed by atoms with Gasteiger partial charge in [-0.3, -0.25) is 4.79 Å². The first-order valence-corrected chi connectivity index (χ1v) is 7.89. The van der Waals surface area contributed by atoms with Crippen LogP contribution in [0.15, 0.2) is 0 Å². The molecule has 1 aliphatic heterocycles. The number of amides is 1. The van der Waals surface area contributed by atoms with Crippen molar-refractivity contribution >= 4 is 5.91 Å². The van der Waals surface area contributed by atoms with Crippen LogP contribution in [0.5, 0.6) is 0 Å². The Morgan fingerprint density at radius 3 is 2.84 bits per heavy atom. The van der Waals surface area contributed by atoms with Crippen molar-refractivity contribution in [3.05, 3.63) is 0 Å². The molecule has 3 atom stereocenters. The third-order valence-corrected chi connectivity index (χ3v) is 5.38. The monoisotopic (exact) mass is 266 g/mol. The van der Waals surface area contributed by atoms with Crippen LogP contribution in [0.2, 0.25) is 0 Å². The van der Waals surface area contributed by atoms with Crippen molar-refractivity contribution in [1.29, 1.82) is 0 Å². The molecule has 0 aromatic heterocycles. The normalized spacial score (nSPS) is 36.5. The number of nitrogens with one attached hydrogen (secondary N) is 2. The van der Waals surface area contributed by atoms with Gasteiger partial charge >= 0.3 is 0 Å². The van der Waals surface area contributed by atoms with Gasteiger partial charge in [-0.15, -0.1) is 0 Å². The zero-order chi connectivity index (χ0) is 13.3. The summed E-state index contributed by atoms with van der Waals surface area (Å²) in [4.78, 5) is 11.2. The van der Waals surface area contributed by atoms with Crippen molar-refractivity contribution in [2.45, 2.75) is 70.1 Å². The molecule has 0 aromatic rings. The molecule has 2 aliphatic carbocycles. The quantitative estimate of drug-likeness (QED) is 0.794. The number of carbonyl (C=O) groups excluding carboxylic acids is 1. The Bertz CT molecular complexity index is 339. The van der Waals surface area contributed by atoms with Gasteiger partial charge in [-0.2, -0.15) is 0 Å². The van der Waals surface area contributed by atoms with Gasteiger partial charge in [0.2, 0.25) is 5.91 Å². The summed E-state index contributed by atoms with van der Waals surface area (Å²) in [5, 5.41) is 6.75. The van der Waals surface area contributed by atoms with Crippen molar-refractivity contribution in [2.24, 2.45) is 5.41 Å². The number of carbonyl (C=O) groups is 1. The molecular formula is C15H26N2O2. The molecule has 19 heavy (non-hydrogen) atoms. The first-order chi connectivity index (χ1) is 9.24. The summed E-state index contributed by atoms with van der Waals surface area (Å²) in [6.45, 7) is 3.85. The molecule has 2 saturated carbocycles. The van der Waals surface area contributed by atoms with Crippen LogP contribution in [0.1, 0.15) is 51.9 Å². The van der Waals surface area contributed by atoms with Gasteiger partial charge in [0, 0.05) is 37.1 Å². The van der Waals surface area contributed by atoms with Crippen LogP contribution >= 0.6 is 0 Å². The van der Waals surface area contributed by atoms with E-state index < -0.39 is 0 Å². The number of rotatable bonds is 5. The van der Waals surface area contributed by atoms with Crippen LogP contribution in [0, 0.1) is 5.41 Å². The lowest BCUT2D eigenvalue weighted by atomic mass is 9.60. The van der Waals surface area contributed by atoms with Gasteiger partial charge in [0.05, 0.1) is 6.10 Å². The highest BCUT2D eigenvalue weighted by atomic mass is 16.5. The predicted molar refractivity (Wildman–Crippen MR) is 73.9 cm³/mol. The lowest BCUT2D eigenvalue weighted by Crippen LogP contribution is -2.63. The molecule has 1 saturated heterocycles. The van der Waals surface area contributed by atoms with E-state index in [1.54, 1.807) is 0 Å². The van der Waals surface area contributed by atoms with E-state index in [9.17, 15) is 4.79 Å². The second-order valence-corrected chi connectivity index (χ2v) is 6.38. The maximum Gasteiger partial charge on any atom is 0.220 e. The molecule has 4 heteroatoms. The first-order valence-electron chi connectivity index (χ1n) is 7.89. The molecule has 1 spiro atoms. The largest absolute Gasteiger partial charge is 0.378 e. The maximum atomic E-state index is 11.2. The van der Waals surface area contributed by atoms with Gasteiger partial charge in [0.25, 0.3) is 0 Å². The molecule has 0 aromatic carbocycles. The van der Waals surface area contributed by atoms with Crippen LogP contribution in [0.3, 0.4) is 0 Å². The summed E-state index contributed by atoms with van der Waals surface area (Å²) in [6, 6.07) is 0.946. The SMILES string of the molecule is CCOC1CC(NCC2CCC(=O)N2)C12CCCC2. The average molecular weight is 266 g/mol. The summed E-state index contributed by atoms with van der Waals surface area (Å²) < 4.78 is 5.92. The first kappa shape index (κ1) is 13.4. The Morgan fingerprint density at radius 2 is 2.21 bits per heavy atom. The van der Waals surface area contributed by atoms with Crippen molar-refractivity contribution in [2.75, 3.05) is 13.2 Å². The molecule has 3 unspecified atom stereocenters. The lowest BCUT2D eigenvalue weighted by Gasteiger charge is -2.54. The summed E-state index contributed by atoms with van der Waals surface area (Å²) in [6.07, 6.45) is 8.62. The van der Waals surface area contributed by atoms with Crippen molar-refractivity contribution in [3.63, 3.8) is 0 Å². The summed E-state index contributed by atoms with van der Waals surface area (Å²) in [7, 11) is 0. The Balaban J connectivity index is 1.52. The second-order valence-electron chi connectivity index (χ2n) is 6.38. The van der Waals surface area contributed by atoms with Gasteiger partial charge in [0.15, 0.2) is 0 Å². The number of ether oxygens (including phenoxy) is 1. The minimum atomic E-state index is 0.211. The van der Waals surface area contributed by atoms with E-state index in [1.807, 2.05) is 0 Å². The molecule has 108 valence electrons. The molecule has 3 rings (SSSR count). The van der Waals surface area contributed by atoms with Crippen molar-refractivity contribution in [3.8, 4) is 0 Å².